The number of amides is 1. The molecule has 0 aliphatic carbocycles. The Kier molecular flexibility index (Phi) is 5.21. The molecule has 0 saturated heterocycles. The molecule has 2 N–H and O–H groups in total. The molecule has 0 aliphatic rings. The monoisotopic (exact) mass is 334 g/mol. The maximum absolute atomic E-state index is 12.2. The molecule has 1 amide bonds. The van der Waals surface area contributed by atoms with Crippen LogP contribution in [-0.2, 0) is 6.54 Å². The first-order valence-corrected chi connectivity index (χ1v) is 7.80. The molecule has 25 heavy (non-hydrogen) atoms. The summed E-state index contributed by atoms with van der Waals surface area (Å²) in [5.74, 6) is 1.09. The van der Waals surface area contributed by atoms with Crippen molar-refractivity contribution in [2.75, 3.05) is 12.4 Å². The zero-order valence-corrected chi connectivity index (χ0v) is 13.8. The van der Waals surface area contributed by atoms with Crippen LogP contribution in [0.2, 0.25) is 0 Å². The molecule has 6 heteroatoms. The third kappa shape index (κ3) is 4.54. The SMILES string of the molecule is COc1ccc(CNC(=O)c2cnc(Nc3ccccc3)cn2)cc1. The number of para-hydroxylation sites is 1. The predicted octanol–water partition coefficient (Wildman–Crippen LogP) is 3.16. The molecule has 6 nitrogen and oxygen atoms in total. The van der Waals surface area contributed by atoms with Gasteiger partial charge in [-0.25, -0.2) is 9.97 Å². The van der Waals surface area contributed by atoms with Crippen LogP contribution in [0.5, 0.6) is 5.75 Å². The number of ether oxygens (including phenoxy) is 1. The van der Waals surface area contributed by atoms with E-state index in [0.717, 1.165) is 17.0 Å². The number of nitrogens with zero attached hydrogens (tertiary/aromatic N) is 2. The van der Waals surface area contributed by atoms with Gasteiger partial charge in [0, 0.05) is 12.2 Å². The van der Waals surface area contributed by atoms with E-state index in [1.54, 1.807) is 7.11 Å². The smallest absolute Gasteiger partial charge is 0.271 e. The van der Waals surface area contributed by atoms with Crippen LogP contribution in [-0.4, -0.2) is 23.0 Å². The minimum Gasteiger partial charge on any atom is -0.497 e. The number of carbonyl (C=O) groups is 1. The molecule has 0 bridgehead atoms. The molecule has 126 valence electrons. The van der Waals surface area contributed by atoms with Gasteiger partial charge in [-0.15, -0.1) is 0 Å². The summed E-state index contributed by atoms with van der Waals surface area (Å²) < 4.78 is 5.11. The van der Waals surface area contributed by atoms with Crippen molar-refractivity contribution in [2.45, 2.75) is 6.54 Å². The summed E-state index contributed by atoms with van der Waals surface area (Å²) in [5.41, 5.74) is 2.16. The Morgan fingerprint density at radius 2 is 1.76 bits per heavy atom. The average Bonchev–Trinajstić information content (AvgIpc) is 2.68. The van der Waals surface area contributed by atoms with Gasteiger partial charge < -0.3 is 15.4 Å². The fraction of sp³-hybridized carbons (Fsp3) is 0.105. The molecule has 2 aromatic carbocycles. The summed E-state index contributed by atoms with van der Waals surface area (Å²) in [6, 6.07) is 17.2. The number of nitrogens with one attached hydrogen (secondary N) is 2. The van der Waals surface area contributed by atoms with E-state index in [0.29, 0.717) is 12.4 Å². The number of benzene rings is 2. The lowest BCUT2D eigenvalue weighted by molar-refractivity contribution is 0.0945. The standard InChI is InChI=1S/C19H18N4O2/c1-25-16-9-7-14(8-10-16)11-22-19(24)17-12-21-18(13-20-17)23-15-5-3-2-4-6-15/h2-10,12-13H,11H2,1H3,(H,21,23)(H,22,24). The fourth-order valence-corrected chi connectivity index (χ4v) is 2.20. The van der Waals surface area contributed by atoms with E-state index in [-0.39, 0.29) is 11.6 Å². The zero-order valence-electron chi connectivity index (χ0n) is 13.8. The first-order valence-electron chi connectivity index (χ1n) is 7.80. The summed E-state index contributed by atoms with van der Waals surface area (Å²) >= 11 is 0. The van der Waals surface area contributed by atoms with E-state index in [1.165, 1.54) is 12.4 Å². The summed E-state index contributed by atoms with van der Waals surface area (Å²) in [5, 5.41) is 5.94. The van der Waals surface area contributed by atoms with Gasteiger partial charge in [0.15, 0.2) is 0 Å². The number of hydrogen-bond acceptors (Lipinski definition) is 5. The number of methoxy groups -OCH3 is 1. The average molecular weight is 334 g/mol. The Hall–Kier alpha value is -3.41. The van der Waals surface area contributed by atoms with Gasteiger partial charge in [0.05, 0.1) is 19.5 Å². The highest BCUT2D eigenvalue weighted by Crippen LogP contribution is 2.13. The molecular weight excluding hydrogens is 316 g/mol. The summed E-state index contributed by atoms with van der Waals surface area (Å²) in [6.07, 6.45) is 2.99. The van der Waals surface area contributed by atoms with E-state index in [1.807, 2.05) is 54.6 Å². The molecule has 0 saturated carbocycles. The van der Waals surface area contributed by atoms with Gasteiger partial charge in [-0.2, -0.15) is 0 Å². The van der Waals surface area contributed by atoms with Crippen molar-refractivity contribution in [1.29, 1.82) is 0 Å². The van der Waals surface area contributed by atoms with E-state index < -0.39 is 0 Å². The van der Waals surface area contributed by atoms with Gasteiger partial charge >= 0.3 is 0 Å². The van der Waals surface area contributed by atoms with Crippen LogP contribution in [0.3, 0.4) is 0 Å². The van der Waals surface area contributed by atoms with Gasteiger partial charge in [0.1, 0.15) is 17.3 Å². The number of carbonyl (C=O) groups excluding carboxylic acids is 1. The van der Waals surface area contributed by atoms with Gasteiger partial charge in [-0.3, -0.25) is 4.79 Å². The van der Waals surface area contributed by atoms with Gasteiger partial charge in [-0.05, 0) is 29.8 Å². The van der Waals surface area contributed by atoms with Crippen molar-refractivity contribution in [3.63, 3.8) is 0 Å². The number of aromatic nitrogens is 2. The highest BCUT2D eigenvalue weighted by atomic mass is 16.5. The molecule has 0 aliphatic heterocycles. The maximum atomic E-state index is 12.2. The van der Waals surface area contributed by atoms with Crippen molar-refractivity contribution in [2.24, 2.45) is 0 Å². The normalized spacial score (nSPS) is 10.1. The van der Waals surface area contributed by atoms with Crippen molar-refractivity contribution >= 4 is 17.4 Å². The Balaban J connectivity index is 1.56. The minimum absolute atomic E-state index is 0.269. The third-order valence-electron chi connectivity index (χ3n) is 3.54. The van der Waals surface area contributed by atoms with Crippen molar-refractivity contribution in [3.05, 3.63) is 78.2 Å². The van der Waals surface area contributed by atoms with Crippen LogP contribution in [0, 0.1) is 0 Å². The summed E-state index contributed by atoms with van der Waals surface area (Å²) in [4.78, 5) is 20.5. The van der Waals surface area contributed by atoms with Crippen molar-refractivity contribution in [1.82, 2.24) is 15.3 Å². The Morgan fingerprint density at radius 3 is 2.40 bits per heavy atom. The molecule has 3 rings (SSSR count). The van der Waals surface area contributed by atoms with Crippen LogP contribution in [0.4, 0.5) is 11.5 Å². The van der Waals surface area contributed by atoms with Crippen LogP contribution in [0.15, 0.2) is 67.0 Å². The molecule has 0 atom stereocenters. The lowest BCUT2D eigenvalue weighted by Crippen LogP contribution is -2.24. The number of anilines is 2. The quantitative estimate of drug-likeness (QED) is 0.724. The van der Waals surface area contributed by atoms with Crippen LogP contribution >= 0.6 is 0 Å². The van der Waals surface area contributed by atoms with Gasteiger partial charge in [0.25, 0.3) is 5.91 Å². The molecule has 0 unspecified atom stereocenters. The molecule has 0 radical (unpaired) electrons. The topological polar surface area (TPSA) is 76.1 Å². The Labute approximate surface area is 145 Å². The van der Waals surface area contributed by atoms with Crippen molar-refractivity contribution < 1.29 is 9.53 Å². The molecule has 1 heterocycles. The second-order valence-corrected chi connectivity index (χ2v) is 5.31. The highest BCUT2D eigenvalue weighted by molar-refractivity contribution is 5.92. The largest absolute Gasteiger partial charge is 0.497 e. The molecule has 1 aromatic heterocycles. The van der Waals surface area contributed by atoms with E-state index in [2.05, 4.69) is 20.6 Å². The van der Waals surface area contributed by atoms with Crippen molar-refractivity contribution in [3.8, 4) is 5.75 Å². The van der Waals surface area contributed by atoms with Gasteiger partial charge in [0.2, 0.25) is 0 Å². The molecular formula is C19H18N4O2. The highest BCUT2D eigenvalue weighted by Gasteiger charge is 2.08. The Morgan fingerprint density at radius 1 is 1.00 bits per heavy atom. The van der Waals surface area contributed by atoms with Crippen LogP contribution < -0.4 is 15.4 Å². The fourth-order valence-electron chi connectivity index (χ4n) is 2.20. The Bertz CT molecular complexity index is 818. The molecule has 3 aromatic rings. The lowest BCUT2D eigenvalue weighted by atomic mass is 10.2. The second kappa shape index (κ2) is 7.92. The third-order valence-corrected chi connectivity index (χ3v) is 3.54. The zero-order chi connectivity index (χ0) is 17.5. The first-order chi connectivity index (χ1) is 12.2. The predicted molar refractivity (Wildman–Crippen MR) is 95.9 cm³/mol. The second-order valence-electron chi connectivity index (χ2n) is 5.31. The maximum Gasteiger partial charge on any atom is 0.271 e. The number of hydrogen-bond donors (Lipinski definition) is 2. The number of rotatable bonds is 6. The van der Waals surface area contributed by atoms with Crippen LogP contribution in [0.1, 0.15) is 16.1 Å². The molecule has 0 spiro atoms. The minimum atomic E-state index is -0.269. The van der Waals surface area contributed by atoms with E-state index >= 15 is 0 Å². The first kappa shape index (κ1) is 16.4. The van der Waals surface area contributed by atoms with E-state index in [9.17, 15) is 4.79 Å². The molecule has 0 fully saturated rings. The van der Waals surface area contributed by atoms with E-state index in [4.69, 9.17) is 4.74 Å². The van der Waals surface area contributed by atoms with Gasteiger partial charge in [-0.1, -0.05) is 30.3 Å². The van der Waals surface area contributed by atoms with Crippen LogP contribution in [0.25, 0.3) is 0 Å². The summed E-state index contributed by atoms with van der Waals surface area (Å²) in [7, 11) is 1.62. The summed E-state index contributed by atoms with van der Waals surface area (Å²) in [6.45, 7) is 0.411. The lowest BCUT2D eigenvalue weighted by Gasteiger charge is -2.07.